The zero-order valence-electron chi connectivity index (χ0n) is 12.6. The van der Waals surface area contributed by atoms with Gasteiger partial charge in [-0.25, -0.2) is 4.68 Å². The molecule has 0 N–H and O–H groups in total. The van der Waals surface area contributed by atoms with Gasteiger partial charge in [-0.15, -0.1) is 11.3 Å². The van der Waals surface area contributed by atoms with Crippen LogP contribution in [0.1, 0.15) is 12.8 Å². The van der Waals surface area contributed by atoms with Crippen LogP contribution in [0.25, 0.3) is 11.3 Å². The van der Waals surface area contributed by atoms with E-state index in [-0.39, 0.29) is 0 Å². The van der Waals surface area contributed by atoms with Gasteiger partial charge in [0.25, 0.3) is 0 Å². The van der Waals surface area contributed by atoms with Crippen molar-refractivity contribution < 1.29 is 0 Å². The molecular formula is C18H19N3S. The van der Waals surface area contributed by atoms with Crippen LogP contribution in [0.15, 0.2) is 58.0 Å². The summed E-state index contributed by atoms with van der Waals surface area (Å²) in [5, 5.41) is 6.92. The quantitative estimate of drug-likeness (QED) is 0.610. The van der Waals surface area contributed by atoms with Crippen molar-refractivity contribution in [2.75, 3.05) is 7.05 Å². The lowest BCUT2D eigenvalue weighted by Gasteiger charge is -2.12. The molecule has 22 heavy (non-hydrogen) atoms. The maximum Gasteiger partial charge on any atom is 0.205 e. The van der Waals surface area contributed by atoms with Crippen molar-refractivity contribution in [3.05, 3.63) is 52.7 Å². The minimum absolute atomic E-state index is 0.579. The smallest absolute Gasteiger partial charge is 0.205 e. The first kappa shape index (κ1) is 13.7. The van der Waals surface area contributed by atoms with Crippen LogP contribution in [0.2, 0.25) is 0 Å². The molecule has 2 aromatic rings. The molecule has 0 aliphatic heterocycles. The van der Waals surface area contributed by atoms with E-state index in [1.807, 2.05) is 17.8 Å². The Morgan fingerprint density at radius 3 is 2.73 bits per heavy atom. The molecule has 3 unspecified atom stereocenters. The number of nitrogens with zero attached hydrogens (tertiary/aromatic N) is 3. The van der Waals surface area contributed by atoms with Crippen LogP contribution < -0.4 is 4.80 Å². The number of aromatic nitrogens is 1. The Labute approximate surface area is 134 Å². The van der Waals surface area contributed by atoms with Crippen molar-refractivity contribution in [2.45, 2.75) is 12.8 Å². The summed E-state index contributed by atoms with van der Waals surface area (Å²) in [5.41, 5.74) is 2.29. The molecule has 3 nitrogen and oxygen atoms in total. The second kappa shape index (κ2) is 5.69. The van der Waals surface area contributed by atoms with Gasteiger partial charge >= 0.3 is 0 Å². The Morgan fingerprint density at radius 2 is 2.05 bits per heavy atom. The van der Waals surface area contributed by atoms with E-state index in [0.29, 0.717) is 11.8 Å². The maximum absolute atomic E-state index is 4.79. The molecule has 4 rings (SSSR count). The SMILES string of the molecule is CN=c1scc(-c2ccccc2)n1N=CC1CC2C=CC1C2. The summed E-state index contributed by atoms with van der Waals surface area (Å²) in [4.78, 5) is 5.30. The number of benzene rings is 1. The lowest BCUT2D eigenvalue weighted by Crippen LogP contribution is -2.14. The van der Waals surface area contributed by atoms with Crippen LogP contribution in [0.3, 0.4) is 0 Å². The third-order valence-electron chi connectivity index (χ3n) is 4.65. The fourth-order valence-electron chi connectivity index (χ4n) is 3.52. The Morgan fingerprint density at radius 1 is 1.18 bits per heavy atom. The van der Waals surface area contributed by atoms with Crippen LogP contribution in [-0.2, 0) is 0 Å². The standard InChI is InChI=1S/C18H19N3S/c1-19-18-21(17(12-22-18)14-5-3-2-4-6-14)20-11-16-10-13-7-8-15(16)9-13/h2-8,11-13,15-16H,9-10H2,1H3. The van der Waals surface area contributed by atoms with Gasteiger partial charge in [0.05, 0.1) is 5.69 Å². The Kier molecular flexibility index (Phi) is 3.54. The molecule has 0 saturated heterocycles. The highest BCUT2D eigenvalue weighted by atomic mass is 32.1. The van der Waals surface area contributed by atoms with E-state index in [1.54, 1.807) is 11.3 Å². The average Bonchev–Trinajstić information content (AvgIpc) is 3.28. The molecule has 1 aromatic carbocycles. The summed E-state index contributed by atoms with van der Waals surface area (Å²) in [7, 11) is 1.83. The third-order valence-corrected chi connectivity index (χ3v) is 5.56. The van der Waals surface area contributed by atoms with Crippen molar-refractivity contribution in [1.82, 2.24) is 4.68 Å². The van der Waals surface area contributed by atoms with Crippen molar-refractivity contribution in [2.24, 2.45) is 27.8 Å². The molecule has 112 valence electrons. The second-order valence-electron chi connectivity index (χ2n) is 6.01. The summed E-state index contributed by atoms with van der Waals surface area (Å²) in [6, 6.07) is 10.4. The van der Waals surface area contributed by atoms with Gasteiger partial charge in [-0.3, -0.25) is 4.99 Å². The van der Waals surface area contributed by atoms with Crippen LogP contribution in [0.4, 0.5) is 0 Å². The first-order chi connectivity index (χ1) is 10.8. The number of hydrogen-bond donors (Lipinski definition) is 0. The Bertz CT molecular complexity index is 782. The van der Waals surface area contributed by atoms with Crippen LogP contribution in [0.5, 0.6) is 0 Å². The van der Waals surface area contributed by atoms with Crippen LogP contribution in [0, 0.1) is 17.8 Å². The van der Waals surface area contributed by atoms with E-state index in [2.05, 4.69) is 53.0 Å². The van der Waals surface area contributed by atoms with Gasteiger partial charge in [-0.2, -0.15) is 5.10 Å². The number of hydrogen-bond acceptors (Lipinski definition) is 3. The molecule has 2 bridgehead atoms. The number of allylic oxidation sites excluding steroid dienone is 2. The summed E-state index contributed by atoms with van der Waals surface area (Å²) in [5.74, 6) is 2.05. The summed E-state index contributed by atoms with van der Waals surface area (Å²) < 4.78 is 1.98. The van der Waals surface area contributed by atoms with E-state index >= 15 is 0 Å². The highest BCUT2D eigenvalue weighted by molar-refractivity contribution is 7.07. The van der Waals surface area contributed by atoms with E-state index in [4.69, 9.17) is 5.10 Å². The highest BCUT2D eigenvalue weighted by Crippen LogP contribution is 2.42. The molecule has 2 aliphatic carbocycles. The largest absolute Gasteiger partial charge is 0.261 e. The predicted octanol–water partition coefficient (Wildman–Crippen LogP) is 3.79. The van der Waals surface area contributed by atoms with Crippen molar-refractivity contribution >= 4 is 17.6 Å². The van der Waals surface area contributed by atoms with E-state index in [1.165, 1.54) is 18.4 Å². The molecule has 1 aromatic heterocycles. The van der Waals surface area contributed by atoms with E-state index in [9.17, 15) is 0 Å². The topological polar surface area (TPSA) is 29.6 Å². The molecule has 1 fully saturated rings. The Hall–Kier alpha value is -1.94. The molecule has 0 spiro atoms. The van der Waals surface area contributed by atoms with Gasteiger partial charge in [0, 0.05) is 30.1 Å². The maximum atomic E-state index is 4.79. The third kappa shape index (κ3) is 2.37. The molecule has 4 heteroatoms. The molecule has 0 radical (unpaired) electrons. The highest BCUT2D eigenvalue weighted by Gasteiger charge is 2.34. The number of rotatable bonds is 3. The van der Waals surface area contributed by atoms with Gasteiger partial charge in [-0.1, -0.05) is 42.5 Å². The molecule has 2 aliphatic rings. The summed E-state index contributed by atoms with van der Waals surface area (Å²) >= 11 is 1.64. The molecule has 0 amide bonds. The fourth-order valence-corrected chi connectivity index (χ4v) is 4.32. The number of fused-ring (bicyclic) bond motifs is 2. The Balaban J connectivity index is 1.69. The fraction of sp³-hybridized carbons (Fsp3) is 0.333. The predicted molar refractivity (Wildman–Crippen MR) is 92.0 cm³/mol. The van der Waals surface area contributed by atoms with Gasteiger partial charge < -0.3 is 0 Å². The second-order valence-corrected chi connectivity index (χ2v) is 6.85. The zero-order chi connectivity index (χ0) is 14.9. The van der Waals surface area contributed by atoms with Crippen molar-refractivity contribution in [1.29, 1.82) is 0 Å². The minimum atomic E-state index is 0.579. The molecule has 1 saturated carbocycles. The monoisotopic (exact) mass is 309 g/mol. The minimum Gasteiger partial charge on any atom is -0.261 e. The van der Waals surface area contributed by atoms with Crippen molar-refractivity contribution in [3.8, 4) is 11.3 Å². The molecular weight excluding hydrogens is 290 g/mol. The molecule has 1 heterocycles. The van der Waals surface area contributed by atoms with Crippen LogP contribution >= 0.6 is 11.3 Å². The zero-order valence-corrected chi connectivity index (χ0v) is 13.4. The van der Waals surface area contributed by atoms with Gasteiger partial charge in [0.2, 0.25) is 4.80 Å². The van der Waals surface area contributed by atoms with E-state index in [0.717, 1.165) is 16.4 Å². The number of thiazole rings is 1. The normalized spacial score (nSPS) is 27.3. The first-order valence-corrected chi connectivity index (χ1v) is 8.64. The lowest BCUT2D eigenvalue weighted by atomic mass is 9.95. The summed E-state index contributed by atoms with van der Waals surface area (Å²) in [6.45, 7) is 0. The van der Waals surface area contributed by atoms with Crippen molar-refractivity contribution in [3.63, 3.8) is 0 Å². The van der Waals surface area contributed by atoms with Crippen LogP contribution in [-0.4, -0.2) is 17.9 Å². The average molecular weight is 309 g/mol. The van der Waals surface area contributed by atoms with Gasteiger partial charge in [-0.05, 0) is 24.7 Å². The van der Waals surface area contributed by atoms with Gasteiger partial charge in [0.1, 0.15) is 0 Å². The summed E-state index contributed by atoms with van der Waals surface area (Å²) in [6.07, 6.45) is 9.43. The lowest BCUT2D eigenvalue weighted by molar-refractivity contribution is 0.590. The van der Waals surface area contributed by atoms with Gasteiger partial charge in [0.15, 0.2) is 0 Å². The molecule has 3 atom stereocenters. The first-order valence-electron chi connectivity index (χ1n) is 7.77. The van der Waals surface area contributed by atoms with E-state index < -0.39 is 0 Å².